The zero-order valence-corrected chi connectivity index (χ0v) is 16.9. The van der Waals surface area contributed by atoms with Gasteiger partial charge in [-0.2, -0.15) is 0 Å². The Morgan fingerprint density at radius 1 is 1.11 bits per heavy atom. The number of rotatable bonds is 6. The van der Waals surface area contributed by atoms with Crippen molar-refractivity contribution >= 4 is 21.8 Å². The summed E-state index contributed by atoms with van der Waals surface area (Å²) in [5, 5.41) is 12.8. The van der Waals surface area contributed by atoms with Crippen LogP contribution in [0.15, 0.2) is 47.6 Å². The molecule has 0 amide bonds. The number of phenols is 1. The Kier molecular flexibility index (Phi) is 5.59. The molecule has 0 unspecified atom stereocenters. The number of ether oxygens (including phenoxy) is 1. The lowest BCUT2D eigenvalue weighted by molar-refractivity contribution is 0.412. The van der Waals surface area contributed by atoms with Gasteiger partial charge in [0.15, 0.2) is 0 Å². The molecule has 0 aliphatic carbocycles. The van der Waals surface area contributed by atoms with Crippen LogP contribution in [0.3, 0.4) is 0 Å². The van der Waals surface area contributed by atoms with Gasteiger partial charge in [0.25, 0.3) is 0 Å². The lowest BCUT2D eigenvalue weighted by Crippen LogP contribution is -1.87. The molecule has 3 rings (SSSR count). The van der Waals surface area contributed by atoms with E-state index in [9.17, 15) is 5.11 Å². The van der Waals surface area contributed by atoms with Crippen molar-refractivity contribution in [2.45, 2.75) is 47.0 Å². The number of H-pyrrole nitrogens is 1. The van der Waals surface area contributed by atoms with E-state index in [-0.39, 0.29) is 0 Å². The van der Waals surface area contributed by atoms with Crippen molar-refractivity contribution in [2.24, 2.45) is 0 Å². The summed E-state index contributed by atoms with van der Waals surface area (Å²) >= 11 is 0. The molecule has 142 valence electrons. The van der Waals surface area contributed by atoms with E-state index in [4.69, 9.17) is 4.74 Å². The van der Waals surface area contributed by atoms with Gasteiger partial charge in [-0.05, 0) is 70.7 Å². The highest BCUT2D eigenvalue weighted by Gasteiger charge is 2.13. The maximum absolute atomic E-state index is 10.5. The molecule has 2 aromatic carbocycles. The monoisotopic (exact) mass is 363 g/mol. The third-order valence-corrected chi connectivity index (χ3v) is 5.12. The predicted molar refractivity (Wildman–Crippen MR) is 115 cm³/mol. The van der Waals surface area contributed by atoms with Gasteiger partial charge in [0.1, 0.15) is 11.5 Å². The second-order valence-electron chi connectivity index (χ2n) is 7.55. The van der Waals surface area contributed by atoms with E-state index in [1.807, 2.05) is 12.1 Å². The zero-order chi connectivity index (χ0) is 19.6. The van der Waals surface area contributed by atoms with Crippen LogP contribution in [0.2, 0.25) is 0 Å². The molecule has 0 bridgehead atoms. The van der Waals surface area contributed by atoms with Gasteiger partial charge in [-0.25, -0.2) is 0 Å². The first kappa shape index (κ1) is 19.1. The maximum atomic E-state index is 10.5. The Hall–Kier alpha value is -2.68. The number of hydrogen-bond donors (Lipinski definition) is 2. The van der Waals surface area contributed by atoms with Crippen molar-refractivity contribution in [1.82, 2.24) is 4.98 Å². The normalized spacial score (nSPS) is 12.0. The van der Waals surface area contributed by atoms with Crippen molar-refractivity contribution in [3.8, 4) is 11.5 Å². The van der Waals surface area contributed by atoms with Gasteiger partial charge in [-0.3, -0.25) is 0 Å². The van der Waals surface area contributed by atoms with Crippen LogP contribution in [0, 0.1) is 6.92 Å². The summed E-state index contributed by atoms with van der Waals surface area (Å²) in [4.78, 5) is 3.49. The van der Waals surface area contributed by atoms with Gasteiger partial charge in [-0.1, -0.05) is 23.3 Å². The van der Waals surface area contributed by atoms with E-state index in [0.717, 1.165) is 51.5 Å². The number of aryl methyl sites for hydroxylation is 1. The van der Waals surface area contributed by atoms with E-state index in [1.54, 1.807) is 13.2 Å². The Labute approximate surface area is 161 Å². The summed E-state index contributed by atoms with van der Waals surface area (Å²) < 4.78 is 5.45. The fraction of sp³-hybridized carbons (Fsp3) is 0.333. The van der Waals surface area contributed by atoms with Crippen LogP contribution in [0.4, 0.5) is 0 Å². The van der Waals surface area contributed by atoms with Crippen LogP contribution in [0.25, 0.3) is 21.8 Å². The lowest BCUT2D eigenvalue weighted by atomic mass is 10.0. The number of benzene rings is 2. The van der Waals surface area contributed by atoms with Crippen molar-refractivity contribution < 1.29 is 9.84 Å². The van der Waals surface area contributed by atoms with Gasteiger partial charge in [0.2, 0.25) is 0 Å². The van der Waals surface area contributed by atoms with E-state index in [1.165, 1.54) is 11.1 Å². The molecular weight excluding hydrogens is 334 g/mol. The topological polar surface area (TPSA) is 45.2 Å². The third-order valence-electron chi connectivity index (χ3n) is 5.12. The number of nitrogens with one attached hydrogen (secondary N) is 1. The highest BCUT2D eigenvalue weighted by Crippen LogP contribution is 2.35. The van der Waals surface area contributed by atoms with Crippen LogP contribution in [-0.2, 0) is 6.42 Å². The summed E-state index contributed by atoms with van der Waals surface area (Å²) in [5.41, 5.74) is 6.79. The first-order chi connectivity index (χ1) is 12.9. The fourth-order valence-electron chi connectivity index (χ4n) is 3.55. The minimum Gasteiger partial charge on any atom is -0.508 e. The van der Waals surface area contributed by atoms with Gasteiger partial charge in [0.05, 0.1) is 18.1 Å². The SMILES string of the molecule is COc1cc2[nH]c3c(CC=C(C)CCC=C(C)C)c(O)ccc3c2cc1C. The van der Waals surface area contributed by atoms with Crippen LogP contribution in [0.1, 0.15) is 44.7 Å². The number of methoxy groups -OCH3 is 1. The number of hydrogen-bond acceptors (Lipinski definition) is 2. The summed E-state index contributed by atoms with van der Waals surface area (Å²) in [5.74, 6) is 1.21. The maximum Gasteiger partial charge on any atom is 0.123 e. The lowest BCUT2D eigenvalue weighted by Gasteiger charge is -2.05. The van der Waals surface area contributed by atoms with Crippen LogP contribution >= 0.6 is 0 Å². The zero-order valence-electron chi connectivity index (χ0n) is 16.9. The van der Waals surface area contributed by atoms with Crippen LogP contribution in [0.5, 0.6) is 11.5 Å². The Morgan fingerprint density at radius 3 is 2.59 bits per heavy atom. The summed E-state index contributed by atoms with van der Waals surface area (Å²) in [6, 6.07) is 7.97. The number of aromatic nitrogens is 1. The molecule has 0 atom stereocenters. The van der Waals surface area contributed by atoms with Gasteiger partial charge in [0, 0.05) is 22.4 Å². The summed E-state index contributed by atoms with van der Waals surface area (Å²) in [6.45, 7) is 8.47. The molecular formula is C24H29NO2. The Bertz CT molecular complexity index is 1030. The molecule has 3 nitrogen and oxygen atoms in total. The van der Waals surface area contributed by atoms with Crippen molar-refractivity contribution in [2.75, 3.05) is 7.11 Å². The number of aromatic amines is 1. The second kappa shape index (κ2) is 7.91. The highest BCUT2D eigenvalue weighted by molar-refractivity contribution is 6.09. The first-order valence-corrected chi connectivity index (χ1v) is 9.50. The number of fused-ring (bicyclic) bond motifs is 3. The summed E-state index contributed by atoms with van der Waals surface area (Å²) in [6.07, 6.45) is 7.32. The smallest absolute Gasteiger partial charge is 0.123 e. The molecule has 27 heavy (non-hydrogen) atoms. The van der Waals surface area contributed by atoms with Crippen LogP contribution < -0.4 is 4.74 Å². The molecule has 0 saturated carbocycles. The average molecular weight is 364 g/mol. The summed E-state index contributed by atoms with van der Waals surface area (Å²) in [7, 11) is 1.69. The van der Waals surface area contributed by atoms with Gasteiger partial charge < -0.3 is 14.8 Å². The van der Waals surface area contributed by atoms with E-state index in [2.05, 4.69) is 50.9 Å². The standard InChI is InChI=1S/C24H29NO2/c1-15(2)7-6-8-16(3)9-10-19-22(26)12-11-18-20-13-17(4)23(27-5)14-21(20)25-24(18)19/h7,9,11-14,25-26H,6,8,10H2,1-5H3. The molecule has 1 heterocycles. The molecule has 0 spiro atoms. The number of phenolic OH excluding ortho intramolecular Hbond substituents is 1. The van der Waals surface area contributed by atoms with Crippen molar-refractivity contribution in [3.05, 3.63) is 58.7 Å². The van der Waals surface area contributed by atoms with E-state index >= 15 is 0 Å². The number of aromatic hydroxyl groups is 1. The highest BCUT2D eigenvalue weighted by atomic mass is 16.5. The first-order valence-electron chi connectivity index (χ1n) is 9.50. The molecule has 1 aromatic heterocycles. The molecule has 3 aromatic rings. The third kappa shape index (κ3) is 4.02. The van der Waals surface area contributed by atoms with Crippen molar-refractivity contribution in [1.29, 1.82) is 0 Å². The molecule has 0 saturated heterocycles. The average Bonchev–Trinajstić information content (AvgIpc) is 2.97. The quantitative estimate of drug-likeness (QED) is 0.486. The molecule has 0 aliphatic rings. The van der Waals surface area contributed by atoms with Gasteiger partial charge >= 0.3 is 0 Å². The molecule has 0 aliphatic heterocycles. The predicted octanol–water partition coefficient (Wildman–Crippen LogP) is 6.58. The Balaban J connectivity index is 1.98. The second-order valence-corrected chi connectivity index (χ2v) is 7.55. The largest absolute Gasteiger partial charge is 0.508 e. The Morgan fingerprint density at radius 2 is 1.89 bits per heavy atom. The molecule has 2 N–H and O–H groups in total. The van der Waals surface area contributed by atoms with Crippen LogP contribution in [-0.4, -0.2) is 17.2 Å². The molecule has 3 heteroatoms. The number of allylic oxidation sites excluding steroid dienone is 4. The molecule has 0 radical (unpaired) electrons. The minimum absolute atomic E-state index is 0.339. The van der Waals surface area contributed by atoms with E-state index in [0.29, 0.717) is 12.2 Å². The van der Waals surface area contributed by atoms with Crippen molar-refractivity contribution in [3.63, 3.8) is 0 Å². The molecule has 0 fully saturated rings. The van der Waals surface area contributed by atoms with E-state index < -0.39 is 0 Å². The minimum atomic E-state index is 0.339. The van der Waals surface area contributed by atoms with Gasteiger partial charge in [-0.15, -0.1) is 0 Å². The fourth-order valence-corrected chi connectivity index (χ4v) is 3.55.